The van der Waals surface area contributed by atoms with Crippen molar-refractivity contribution < 1.29 is 0 Å². The molecule has 0 radical (unpaired) electrons. The van der Waals surface area contributed by atoms with Crippen LogP contribution in [0.1, 0.15) is 33.1 Å². The maximum absolute atomic E-state index is 5.21. The number of hydrazone groups is 1. The van der Waals surface area contributed by atoms with Gasteiger partial charge in [0.15, 0.2) is 5.11 Å². The van der Waals surface area contributed by atoms with Crippen LogP contribution in [0.3, 0.4) is 0 Å². The van der Waals surface area contributed by atoms with Crippen LogP contribution in [-0.2, 0) is 0 Å². The highest BCUT2D eigenvalue weighted by Gasteiger charge is 1.88. The number of nitrogens with two attached hydrogens (primary N) is 1. The normalized spacial score (nSPS) is 12.0. The second kappa shape index (κ2) is 7.73. The molecule has 0 atom stereocenters. The minimum absolute atomic E-state index is 0.196. The zero-order valence-electron chi connectivity index (χ0n) is 8.21. The van der Waals surface area contributed by atoms with Gasteiger partial charge in [-0.3, -0.25) is 5.43 Å². The number of hydrogen-bond donors (Lipinski definition) is 2. The molecule has 74 valence electrons. The highest BCUT2D eigenvalue weighted by atomic mass is 32.1. The quantitative estimate of drug-likeness (QED) is 0.404. The Bertz CT molecular complexity index is 209. The smallest absolute Gasteiger partial charge is 0.184 e. The SMILES string of the molecule is CCC/C=C(/C=N\NC(N)=S)CC. The number of nitrogens with zero attached hydrogens (tertiary/aromatic N) is 1. The first-order chi connectivity index (χ1) is 6.20. The van der Waals surface area contributed by atoms with Crippen molar-refractivity contribution in [1.82, 2.24) is 5.43 Å². The molecule has 3 N–H and O–H groups in total. The lowest BCUT2D eigenvalue weighted by atomic mass is 10.2. The van der Waals surface area contributed by atoms with Gasteiger partial charge in [-0.2, -0.15) is 5.10 Å². The van der Waals surface area contributed by atoms with Gasteiger partial charge in [0.05, 0.1) is 6.21 Å². The van der Waals surface area contributed by atoms with Crippen LogP contribution in [0.2, 0.25) is 0 Å². The van der Waals surface area contributed by atoms with Gasteiger partial charge in [0.25, 0.3) is 0 Å². The van der Waals surface area contributed by atoms with E-state index in [0.717, 1.165) is 19.3 Å². The van der Waals surface area contributed by atoms with Crippen molar-refractivity contribution in [3.05, 3.63) is 11.6 Å². The number of hydrogen-bond acceptors (Lipinski definition) is 2. The van der Waals surface area contributed by atoms with Crippen molar-refractivity contribution in [2.24, 2.45) is 10.8 Å². The molecule has 0 aromatic carbocycles. The summed E-state index contributed by atoms with van der Waals surface area (Å²) in [6, 6.07) is 0. The number of allylic oxidation sites excluding steroid dienone is 2. The molecule has 0 saturated heterocycles. The second-order valence-electron chi connectivity index (χ2n) is 2.66. The molecule has 0 saturated carbocycles. The zero-order chi connectivity index (χ0) is 10.1. The Morgan fingerprint density at radius 3 is 2.69 bits per heavy atom. The van der Waals surface area contributed by atoms with Gasteiger partial charge >= 0.3 is 0 Å². The summed E-state index contributed by atoms with van der Waals surface area (Å²) in [7, 11) is 0. The third-order valence-electron chi connectivity index (χ3n) is 1.51. The topological polar surface area (TPSA) is 50.4 Å². The van der Waals surface area contributed by atoms with Crippen LogP contribution in [0, 0.1) is 0 Å². The van der Waals surface area contributed by atoms with Gasteiger partial charge in [-0.25, -0.2) is 0 Å². The first-order valence-corrected chi connectivity index (χ1v) is 4.89. The van der Waals surface area contributed by atoms with E-state index < -0.39 is 0 Å². The third kappa shape index (κ3) is 7.46. The Balaban J connectivity index is 3.96. The van der Waals surface area contributed by atoms with Crippen LogP contribution >= 0.6 is 12.2 Å². The summed E-state index contributed by atoms with van der Waals surface area (Å²) < 4.78 is 0. The minimum atomic E-state index is 0.196. The van der Waals surface area contributed by atoms with Crippen LogP contribution in [0.4, 0.5) is 0 Å². The van der Waals surface area contributed by atoms with Crippen molar-refractivity contribution >= 4 is 23.5 Å². The summed E-state index contributed by atoms with van der Waals surface area (Å²) >= 11 is 4.60. The van der Waals surface area contributed by atoms with E-state index in [1.807, 2.05) is 0 Å². The zero-order valence-corrected chi connectivity index (χ0v) is 9.03. The average molecular weight is 199 g/mol. The molecule has 3 nitrogen and oxygen atoms in total. The third-order valence-corrected chi connectivity index (χ3v) is 1.60. The summed E-state index contributed by atoms with van der Waals surface area (Å²) in [5.41, 5.74) is 8.93. The predicted molar refractivity (Wildman–Crippen MR) is 61.7 cm³/mol. The largest absolute Gasteiger partial charge is 0.375 e. The molecule has 0 aliphatic carbocycles. The van der Waals surface area contributed by atoms with Crippen LogP contribution in [0.25, 0.3) is 0 Å². The average Bonchev–Trinajstić information content (AvgIpc) is 2.10. The van der Waals surface area contributed by atoms with Crippen LogP contribution in [0.5, 0.6) is 0 Å². The van der Waals surface area contributed by atoms with Gasteiger partial charge in [-0.15, -0.1) is 0 Å². The van der Waals surface area contributed by atoms with Crippen molar-refractivity contribution in [2.75, 3.05) is 0 Å². The highest BCUT2D eigenvalue weighted by molar-refractivity contribution is 7.80. The number of rotatable bonds is 5. The Morgan fingerprint density at radius 1 is 1.54 bits per heavy atom. The molecule has 0 amide bonds. The molecule has 4 heteroatoms. The summed E-state index contributed by atoms with van der Waals surface area (Å²) in [6.45, 7) is 4.24. The van der Waals surface area contributed by atoms with E-state index in [2.05, 4.69) is 42.7 Å². The summed E-state index contributed by atoms with van der Waals surface area (Å²) in [5.74, 6) is 0. The van der Waals surface area contributed by atoms with Gasteiger partial charge in [-0.05, 0) is 30.6 Å². The minimum Gasteiger partial charge on any atom is -0.375 e. The summed E-state index contributed by atoms with van der Waals surface area (Å²) in [5, 5.41) is 4.08. The van der Waals surface area contributed by atoms with E-state index in [-0.39, 0.29) is 5.11 Å². The van der Waals surface area contributed by atoms with Crippen molar-refractivity contribution in [3.63, 3.8) is 0 Å². The van der Waals surface area contributed by atoms with Crippen LogP contribution < -0.4 is 11.2 Å². The molecule has 13 heavy (non-hydrogen) atoms. The molecule has 0 spiro atoms. The van der Waals surface area contributed by atoms with Crippen molar-refractivity contribution in [1.29, 1.82) is 0 Å². The first kappa shape index (κ1) is 12.1. The molecule has 0 aromatic rings. The number of unbranched alkanes of at least 4 members (excludes halogenated alkanes) is 1. The van der Waals surface area contributed by atoms with E-state index in [0.29, 0.717) is 0 Å². The standard InChI is InChI=1S/C9H17N3S/c1-3-5-6-8(4-2)7-11-12-9(10)13/h6-7H,3-5H2,1-2H3,(H3,10,12,13)/b8-6+,11-7-. The molecule has 0 bridgehead atoms. The summed E-state index contributed by atoms with van der Waals surface area (Å²) in [6.07, 6.45) is 7.14. The maximum atomic E-state index is 5.21. The lowest BCUT2D eigenvalue weighted by Gasteiger charge is -1.97. The highest BCUT2D eigenvalue weighted by Crippen LogP contribution is 2.00. The van der Waals surface area contributed by atoms with Gasteiger partial charge in [0, 0.05) is 0 Å². The lowest BCUT2D eigenvalue weighted by Crippen LogP contribution is -2.24. The van der Waals surface area contributed by atoms with Gasteiger partial charge in [0.1, 0.15) is 0 Å². The van der Waals surface area contributed by atoms with Crippen LogP contribution in [-0.4, -0.2) is 11.3 Å². The Labute approximate surface area is 85.1 Å². The van der Waals surface area contributed by atoms with Crippen molar-refractivity contribution in [3.8, 4) is 0 Å². The molecule has 0 aliphatic rings. The number of thiocarbonyl (C=S) groups is 1. The molecule has 0 unspecified atom stereocenters. The van der Waals surface area contributed by atoms with E-state index in [4.69, 9.17) is 5.73 Å². The lowest BCUT2D eigenvalue weighted by molar-refractivity contribution is 0.944. The van der Waals surface area contributed by atoms with E-state index in [1.165, 1.54) is 5.57 Å². The molecular weight excluding hydrogens is 182 g/mol. The second-order valence-corrected chi connectivity index (χ2v) is 3.10. The van der Waals surface area contributed by atoms with Gasteiger partial charge in [-0.1, -0.05) is 26.3 Å². The Hall–Kier alpha value is -0.900. The molecule has 0 heterocycles. The van der Waals surface area contributed by atoms with Crippen LogP contribution in [0.15, 0.2) is 16.8 Å². The molecule has 0 rings (SSSR count). The predicted octanol–water partition coefficient (Wildman–Crippen LogP) is 1.94. The Kier molecular flexibility index (Phi) is 7.20. The van der Waals surface area contributed by atoms with Gasteiger partial charge < -0.3 is 5.73 Å². The maximum Gasteiger partial charge on any atom is 0.184 e. The number of nitrogens with one attached hydrogen (secondary N) is 1. The monoisotopic (exact) mass is 199 g/mol. The fraction of sp³-hybridized carbons (Fsp3) is 0.556. The Morgan fingerprint density at radius 2 is 2.23 bits per heavy atom. The molecule has 0 fully saturated rings. The van der Waals surface area contributed by atoms with Gasteiger partial charge in [0.2, 0.25) is 0 Å². The van der Waals surface area contributed by atoms with E-state index in [1.54, 1.807) is 6.21 Å². The fourth-order valence-corrected chi connectivity index (χ4v) is 0.850. The molecular formula is C9H17N3S. The fourth-order valence-electron chi connectivity index (χ4n) is 0.797. The summed E-state index contributed by atoms with van der Waals surface area (Å²) in [4.78, 5) is 0. The first-order valence-electron chi connectivity index (χ1n) is 4.48. The van der Waals surface area contributed by atoms with E-state index >= 15 is 0 Å². The molecule has 0 aromatic heterocycles. The molecule has 0 aliphatic heterocycles. The van der Waals surface area contributed by atoms with Crippen molar-refractivity contribution in [2.45, 2.75) is 33.1 Å². The van der Waals surface area contributed by atoms with E-state index in [9.17, 15) is 0 Å².